The molecule has 6 heteroatoms. The maximum atomic E-state index is 12.5. The standard InChI is InChI=1S/C15H24ClN3O2/c1-12(2)11-19-9-6-17-14(15(19)20)18-7-3-13(4-8-18)21-10-5-16/h6,9,12-13H,3-5,7-8,10-11H2,1-2H3. The zero-order valence-electron chi connectivity index (χ0n) is 12.8. The third-order valence-corrected chi connectivity index (χ3v) is 3.78. The molecular weight excluding hydrogens is 290 g/mol. The fourth-order valence-electron chi connectivity index (χ4n) is 2.64. The zero-order valence-corrected chi connectivity index (χ0v) is 13.6. The maximum absolute atomic E-state index is 12.5. The van der Waals surface area contributed by atoms with Crippen molar-refractivity contribution in [3.63, 3.8) is 0 Å². The lowest BCUT2D eigenvalue weighted by molar-refractivity contribution is 0.0470. The zero-order chi connectivity index (χ0) is 15.2. The molecule has 0 aliphatic carbocycles. The Labute approximate surface area is 130 Å². The molecule has 5 nitrogen and oxygen atoms in total. The number of anilines is 1. The molecule has 2 heterocycles. The van der Waals surface area contributed by atoms with Gasteiger partial charge in [-0.05, 0) is 18.8 Å². The Balaban J connectivity index is 2.02. The SMILES string of the molecule is CC(C)Cn1ccnc(N2CCC(OCCCl)CC2)c1=O. The summed E-state index contributed by atoms with van der Waals surface area (Å²) in [4.78, 5) is 18.8. The molecule has 0 aromatic carbocycles. The summed E-state index contributed by atoms with van der Waals surface area (Å²) >= 11 is 5.64. The number of rotatable bonds is 6. The molecule has 0 amide bonds. The lowest BCUT2D eigenvalue weighted by Crippen LogP contribution is -2.41. The number of hydrogen-bond acceptors (Lipinski definition) is 4. The summed E-state index contributed by atoms with van der Waals surface area (Å²) < 4.78 is 7.41. The van der Waals surface area contributed by atoms with Crippen molar-refractivity contribution in [2.45, 2.75) is 39.3 Å². The second-order valence-corrected chi connectivity index (χ2v) is 6.23. The van der Waals surface area contributed by atoms with Gasteiger partial charge in [0, 0.05) is 37.9 Å². The predicted octanol–water partition coefficient (Wildman–Crippen LogP) is 2.12. The van der Waals surface area contributed by atoms with Crippen LogP contribution in [0.3, 0.4) is 0 Å². The number of ether oxygens (including phenoxy) is 1. The Hall–Kier alpha value is -1.07. The van der Waals surface area contributed by atoms with Crippen LogP contribution >= 0.6 is 11.6 Å². The first-order valence-electron chi connectivity index (χ1n) is 7.59. The fraction of sp³-hybridized carbons (Fsp3) is 0.733. The van der Waals surface area contributed by atoms with Gasteiger partial charge in [-0.2, -0.15) is 0 Å². The van der Waals surface area contributed by atoms with Gasteiger partial charge < -0.3 is 14.2 Å². The number of hydrogen-bond donors (Lipinski definition) is 0. The van der Waals surface area contributed by atoms with Crippen LogP contribution < -0.4 is 10.5 Å². The largest absolute Gasteiger partial charge is 0.377 e. The maximum Gasteiger partial charge on any atom is 0.293 e. The van der Waals surface area contributed by atoms with E-state index in [1.165, 1.54) is 0 Å². The molecule has 1 aliphatic rings. The lowest BCUT2D eigenvalue weighted by Gasteiger charge is -2.32. The van der Waals surface area contributed by atoms with Crippen molar-refractivity contribution < 1.29 is 4.74 Å². The molecule has 0 radical (unpaired) electrons. The Morgan fingerprint density at radius 3 is 2.76 bits per heavy atom. The summed E-state index contributed by atoms with van der Waals surface area (Å²) in [5.74, 6) is 1.53. The van der Waals surface area contributed by atoms with Crippen molar-refractivity contribution in [1.29, 1.82) is 0 Å². The molecule has 118 valence electrons. The van der Waals surface area contributed by atoms with Crippen LogP contribution in [-0.4, -0.2) is 41.2 Å². The molecule has 1 aromatic heterocycles. The van der Waals surface area contributed by atoms with Gasteiger partial charge in [-0.25, -0.2) is 4.98 Å². The van der Waals surface area contributed by atoms with E-state index in [4.69, 9.17) is 16.3 Å². The summed E-state index contributed by atoms with van der Waals surface area (Å²) in [6.07, 6.45) is 5.56. The highest BCUT2D eigenvalue weighted by Gasteiger charge is 2.22. The summed E-state index contributed by atoms with van der Waals surface area (Å²) in [7, 11) is 0. The van der Waals surface area contributed by atoms with Crippen molar-refractivity contribution >= 4 is 17.4 Å². The van der Waals surface area contributed by atoms with Gasteiger partial charge >= 0.3 is 0 Å². The second kappa shape index (κ2) is 7.80. The third kappa shape index (κ3) is 4.45. The predicted molar refractivity (Wildman–Crippen MR) is 85.2 cm³/mol. The highest BCUT2D eigenvalue weighted by molar-refractivity contribution is 6.17. The molecule has 1 aromatic rings. The smallest absolute Gasteiger partial charge is 0.293 e. The average Bonchev–Trinajstić information content (AvgIpc) is 2.47. The second-order valence-electron chi connectivity index (χ2n) is 5.85. The highest BCUT2D eigenvalue weighted by Crippen LogP contribution is 2.17. The summed E-state index contributed by atoms with van der Waals surface area (Å²) in [5.41, 5.74) is 0.00586. The van der Waals surface area contributed by atoms with E-state index in [0.29, 0.717) is 24.2 Å². The minimum absolute atomic E-state index is 0.00586. The Kier molecular flexibility index (Phi) is 6.06. The average molecular weight is 314 g/mol. The first-order chi connectivity index (χ1) is 10.1. The molecule has 0 spiro atoms. The normalized spacial score (nSPS) is 16.7. The van der Waals surface area contributed by atoms with Crippen LogP contribution in [0.25, 0.3) is 0 Å². The van der Waals surface area contributed by atoms with E-state index >= 15 is 0 Å². The van der Waals surface area contributed by atoms with E-state index in [1.54, 1.807) is 17.0 Å². The Morgan fingerprint density at radius 1 is 1.43 bits per heavy atom. The van der Waals surface area contributed by atoms with Crippen molar-refractivity contribution in [2.75, 3.05) is 30.5 Å². The number of halogens is 1. The molecule has 0 saturated carbocycles. The Morgan fingerprint density at radius 2 is 2.14 bits per heavy atom. The number of nitrogens with zero attached hydrogens (tertiary/aromatic N) is 3. The summed E-state index contributed by atoms with van der Waals surface area (Å²) in [6.45, 7) is 7.14. The molecule has 0 unspecified atom stereocenters. The van der Waals surface area contributed by atoms with Crippen molar-refractivity contribution in [3.8, 4) is 0 Å². The van der Waals surface area contributed by atoms with E-state index in [1.807, 2.05) is 0 Å². The van der Waals surface area contributed by atoms with Crippen LogP contribution in [0.1, 0.15) is 26.7 Å². The van der Waals surface area contributed by atoms with Gasteiger partial charge in [0.1, 0.15) is 0 Å². The van der Waals surface area contributed by atoms with Gasteiger partial charge in [-0.15, -0.1) is 11.6 Å². The first kappa shape index (κ1) is 16.3. The van der Waals surface area contributed by atoms with Crippen LogP contribution in [0.15, 0.2) is 17.2 Å². The third-order valence-electron chi connectivity index (χ3n) is 3.63. The first-order valence-corrected chi connectivity index (χ1v) is 8.13. The number of aromatic nitrogens is 2. The van der Waals surface area contributed by atoms with E-state index in [2.05, 4.69) is 23.7 Å². The summed E-state index contributed by atoms with van der Waals surface area (Å²) in [5, 5.41) is 0. The van der Waals surface area contributed by atoms with Crippen LogP contribution in [0.2, 0.25) is 0 Å². The van der Waals surface area contributed by atoms with E-state index in [9.17, 15) is 4.79 Å². The van der Waals surface area contributed by atoms with E-state index in [0.717, 1.165) is 32.5 Å². The topological polar surface area (TPSA) is 47.4 Å². The van der Waals surface area contributed by atoms with Gasteiger partial charge in [-0.1, -0.05) is 13.8 Å². The van der Waals surface area contributed by atoms with Crippen molar-refractivity contribution in [1.82, 2.24) is 9.55 Å². The van der Waals surface area contributed by atoms with Crippen molar-refractivity contribution in [2.24, 2.45) is 5.92 Å². The monoisotopic (exact) mass is 313 g/mol. The molecule has 1 fully saturated rings. The van der Waals surface area contributed by atoms with E-state index < -0.39 is 0 Å². The molecule has 21 heavy (non-hydrogen) atoms. The Bertz CT molecular complexity index is 496. The molecular formula is C15H24ClN3O2. The van der Waals surface area contributed by atoms with Gasteiger partial charge in [0.05, 0.1) is 12.7 Å². The molecule has 0 N–H and O–H groups in total. The minimum atomic E-state index is 0.00586. The van der Waals surface area contributed by atoms with Gasteiger partial charge in [0.2, 0.25) is 0 Å². The van der Waals surface area contributed by atoms with Gasteiger partial charge in [0.15, 0.2) is 5.82 Å². The number of piperidine rings is 1. The van der Waals surface area contributed by atoms with Crippen LogP contribution in [0.4, 0.5) is 5.82 Å². The summed E-state index contributed by atoms with van der Waals surface area (Å²) in [6, 6.07) is 0. The number of alkyl halides is 1. The van der Waals surface area contributed by atoms with E-state index in [-0.39, 0.29) is 11.7 Å². The molecule has 2 rings (SSSR count). The fourth-order valence-corrected chi connectivity index (χ4v) is 2.72. The molecule has 1 saturated heterocycles. The van der Waals surface area contributed by atoms with Crippen LogP contribution in [0, 0.1) is 5.92 Å². The van der Waals surface area contributed by atoms with Crippen LogP contribution in [0.5, 0.6) is 0 Å². The molecule has 1 aliphatic heterocycles. The van der Waals surface area contributed by atoms with Gasteiger partial charge in [-0.3, -0.25) is 4.79 Å². The van der Waals surface area contributed by atoms with Gasteiger partial charge in [0.25, 0.3) is 5.56 Å². The highest BCUT2D eigenvalue weighted by atomic mass is 35.5. The minimum Gasteiger partial charge on any atom is -0.377 e. The van der Waals surface area contributed by atoms with Crippen LogP contribution in [-0.2, 0) is 11.3 Å². The lowest BCUT2D eigenvalue weighted by atomic mass is 10.1. The quantitative estimate of drug-likeness (QED) is 0.755. The molecule has 0 bridgehead atoms. The van der Waals surface area contributed by atoms with Crippen molar-refractivity contribution in [3.05, 3.63) is 22.7 Å². The molecule has 0 atom stereocenters.